The normalized spacial score (nSPS) is 14.3. The van der Waals surface area contributed by atoms with E-state index in [0.717, 1.165) is 44.9 Å². The Morgan fingerprint density at radius 1 is 0.536 bits per heavy atom. The SMILES string of the molecule is CCCCC/C=C/C/C=C/C/C=C/C/C=C/CCCC(=O)O[C@H](COC(=O)CCCCCCCCCCCCCCCCCC)COP(=O)(O)OC[C@@H](O)CO. The number of aliphatic hydroxyl groups excluding tert-OH is 2. The molecule has 326 valence electrons. The molecule has 0 radical (unpaired) electrons. The number of phosphoric acid groups is 1. The maximum Gasteiger partial charge on any atom is 0.472 e. The van der Waals surface area contributed by atoms with Gasteiger partial charge in [0.15, 0.2) is 6.10 Å². The lowest BCUT2D eigenvalue weighted by molar-refractivity contribution is -0.161. The summed E-state index contributed by atoms with van der Waals surface area (Å²) in [5.74, 6) is -0.987. The maximum absolute atomic E-state index is 12.6. The number of carbonyl (C=O) groups is 2. The summed E-state index contributed by atoms with van der Waals surface area (Å²) >= 11 is 0. The van der Waals surface area contributed by atoms with Gasteiger partial charge in [0.1, 0.15) is 12.7 Å². The molecule has 0 fully saturated rings. The molecule has 0 heterocycles. The summed E-state index contributed by atoms with van der Waals surface area (Å²) in [5.41, 5.74) is 0. The quantitative estimate of drug-likeness (QED) is 0.0236. The predicted molar refractivity (Wildman–Crippen MR) is 228 cm³/mol. The van der Waals surface area contributed by atoms with Gasteiger partial charge in [-0.15, -0.1) is 0 Å². The fourth-order valence-electron chi connectivity index (χ4n) is 5.81. The summed E-state index contributed by atoms with van der Waals surface area (Å²) in [7, 11) is -4.63. The third-order valence-electron chi connectivity index (χ3n) is 9.24. The van der Waals surface area contributed by atoms with E-state index in [4.69, 9.17) is 19.1 Å². The molecule has 0 rings (SSSR count). The van der Waals surface area contributed by atoms with Crippen molar-refractivity contribution in [1.82, 2.24) is 0 Å². The minimum Gasteiger partial charge on any atom is -0.462 e. The summed E-state index contributed by atoms with van der Waals surface area (Å²) in [5, 5.41) is 18.3. The molecule has 0 bridgehead atoms. The molecule has 10 nitrogen and oxygen atoms in total. The van der Waals surface area contributed by atoms with Crippen LogP contribution in [0.4, 0.5) is 0 Å². The van der Waals surface area contributed by atoms with Gasteiger partial charge in [0.2, 0.25) is 0 Å². The Balaban J connectivity index is 4.37. The standard InChI is InChI=1S/C45H81O10P/c1-3-5-7-9-11-13-15-17-19-21-23-25-27-29-31-33-35-37-45(49)55-43(41-54-56(50,51)53-39-42(47)38-46)40-52-44(48)36-34-32-30-28-26-24-22-20-18-16-14-12-10-8-6-4-2/h11,13,17,19,23,25,29,31,42-43,46-47H,3-10,12,14-16,18,20-22,24,26-28,30,32-41H2,1-2H3,(H,50,51)/b13-11+,19-17+,25-23+,31-29+/t42-,43+/m0/s1. The minimum absolute atomic E-state index is 0.109. The highest BCUT2D eigenvalue weighted by molar-refractivity contribution is 7.47. The van der Waals surface area contributed by atoms with Gasteiger partial charge in [0, 0.05) is 12.8 Å². The number of hydrogen-bond acceptors (Lipinski definition) is 9. The molecular formula is C45H81O10P. The van der Waals surface area contributed by atoms with Crippen LogP contribution in [0.3, 0.4) is 0 Å². The highest BCUT2D eigenvalue weighted by atomic mass is 31.2. The number of phosphoric ester groups is 1. The molecule has 0 saturated carbocycles. The van der Waals surface area contributed by atoms with Crippen molar-refractivity contribution in [2.45, 2.75) is 199 Å². The Morgan fingerprint density at radius 3 is 1.45 bits per heavy atom. The summed E-state index contributed by atoms with van der Waals surface area (Å²) < 4.78 is 32.7. The summed E-state index contributed by atoms with van der Waals surface area (Å²) in [6.45, 7) is 2.30. The number of hydrogen-bond donors (Lipinski definition) is 3. The van der Waals surface area contributed by atoms with E-state index in [1.807, 2.05) is 12.2 Å². The van der Waals surface area contributed by atoms with Crippen molar-refractivity contribution in [3.05, 3.63) is 48.6 Å². The fraction of sp³-hybridized carbons (Fsp3) is 0.778. The zero-order chi connectivity index (χ0) is 41.2. The van der Waals surface area contributed by atoms with E-state index in [-0.39, 0.29) is 19.4 Å². The number of carbonyl (C=O) groups excluding carboxylic acids is 2. The molecule has 0 amide bonds. The number of ether oxygens (including phenoxy) is 2. The van der Waals surface area contributed by atoms with Crippen molar-refractivity contribution in [3.63, 3.8) is 0 Å². The lowest BCUT2D eigenvalue weighted by Gasteiger charge is -2.20. The van der Waals surface area contributed by atoms with Crippen molar-refractivity contribution >= 4 is 19.8 Å². The van der Waals surface area contributed by atoms with Crippen LogP contribution in [0, 0.1) is 0 Å². The van der Waals surface area contributed by atoms with Crippen LogP contribution in [-0.4, -0.2) is 65.7 Å². The number of rotatable bonds is 41. The summed E-state index contributed by atoms with van der Waals surface area (Å²) in [6, 6.07) is 0. The third kappa shape index (κ3) is 40.1. The zero-order valence-corrected chi connectivity index (χ0v) is 36.2. The first-order valence-electron chi connectivity index (χ1n) is 22.1. The largest absolute Gasteiger partial charge is 0.472 e. The molecule has 0 aromatic heterocycles. The van der Waals surface area contributed by atoms with Crippen molar-refractivity contribution in [3.8, 4) is 0 Å². The van der Waals surface area contributed by atoms with Crippen molar-refractivity contribution in [2.24, 2.45) is 0 Å². The molecule has 0 aliphatic rings. The first-order chi connectivity index (χ1) is 27.2. The molecule has 0 spiro atoms. The average Bonchev–Trinajstić information content (AvgIpc) is 3.19. The van der Waals surface area contributed by atoms with Crippen molar-refractivity contribution < 1.29 is 47.8 Å². The van der Waals surface area contributed by atoms with Gasteiger partial charge in [0.05, 0.1) is 19.8 Å². The molecule has 3 N–H and O–H groups in total. The molecule has 0 saturated heterocycles. The predicted octanol–water partition coefficient (Wildman–Crippen LogP) is 11.7. The molecule has 0 aromatic carbocycles. The minimum atomic E-state index is -4.63. The van der Waals surface area contributed by atoms with Gasteiger partial charge in [-0.25, -0.2) is 4.57 Å². The van der Waals surface area contributed by atoms with E-state index in [1.165, 1.54) is 96.3 Å². The Bertz CT molecular complexity index is 1070. The highest BCUT2D eigenvalue weighted by Crippen LogP contribution is 2.43. The molecule has 0 aliphatic carbocycles. The fourth-order valence-corrected chi connectivity index (χ4v) is 6.60. The van der Waals surface area contributed by atoms with Gasteiger partial charge in [0.25, 0.3) is 0 Å². The second kappa shape index (κ2) is 41.1. The van der Waals surface area contributed by atoms with Gasteiger partial charge >= 0.3 is 19.8 Å². The second-order valence-corrected chi connectivity index (χ2v) is 16.2. The lowest BCUT2D eigenvalue weighted by Crippen LogP contribution is -2.29. The maximum atomic E-state index is 12.6. The van der Waals surface area contributed by atoms with Gasteiger partial charge in [-0.2, -0.15) is 0 Å². The number of esters is 2. The number of allylic oxidation sites excluding steroid dienone is 8. The van der Waals surface area contributed by atoms with Crippen molar-refractivity contribution in [1.29, 1.82) is 0 Å². The van der Waals surface area contributed by atoms with Crippen LogP contribution in [0.1, 0.15) is 187 Å². The van der Waals surface area contributed by atoms with E-state index in [9.17, 15) is 24.2 Å². The first-order valence-corrected chi connectivity index (χ1v) is 23.6. The van der Waals surface area contributed by atoms with Crippen LogP contribution in [0.15, 0.2) is 48.6 Å². The Morgan fingerprint density at radius 2 is 0.946 bits per heavy atom. The van der Waals surface area contributed by atoms with E-state index in [2.05, 4.69) is 54.8 Å². The second-order valence-electron chi connectivity index (χ2n) is 14.7. The summed E-state index contributed by atoms with van der Waals surface area (Å²) in [4.78, 5) is 35.0. The average molecular weight is 813 g/mol. The van der Waals surface area contributed by atoms with Crippen LogP contribution < -0.4 is 0 Å². The molecule has 11 heteroatoms. The smallest absolute Gasteiger partial charge is 0.462 e. The molecule has 3 atom stereocenters. The Kier molecular flexibility index (Phi) is 39.6. The summed E-state index contributed by atoms with van der Waals surface area (Å²) in [6.07, 6.45) is 43.7. The number of unbranched alkanes of at least 4 members (excludes halogenated alkanes) is 19. The van der Waals surface area contributed by atoms with E-state index in [1.54, 1.807) is 0 Å². The van der Waals surface area contributed by atoms with Crippen LogP contribution in [0.5, 0.6) is 0 Å². The molecule has 0 aromatic rings. The first kappa shape index (κ1) is 53.9. The van der Waals surface area contributed by atoms with Gasteiger partial charge in [-0.1, -0.05) is 172 Å². The van der Waals surface area contributed by atoms with Gasteiger partial charge in [-0.05, 0) is 51.4 Å². The highest BCUT2D eigenvalue weighted by Gasteiger charge is 2.27. The van der Waals surface area contributed by atoms with Crippen LogP contribution >= 0.6 is 7.82 Å². The van der Waals surface area contributed by atoms with E-state index < -0.39 is 51.8 Å². The van der Waals surface area contributed by atoms with Crippen LogP contribution in [-0.2, 0) is 32.7 Å². The monoisotopic (exact) mass is 813 g/mol. The Labute approximate surface area is 341 Å². The molecular weight excluding hydrogens is 731 g/mol. The van der Waals surface area contributed by atoms with Crippen LogP contribution in [0.25, 0.3) is 0 Å². The zero-order valence-electron chi connectivity index (χ0n) is 35.3. The van der Waals surface area contributed by atoms with Crippen LogP contribution in [0.2, 0.25) is 0 Å². The lowest BCUT2D eigenvalue weighted by atomic mass is 10.0. The molecule has 56 heavy (non-hydrogen) atoms. The third-order valence-corrected chi connectivity index (χ3v) is 10.2. The van der Waals surface area contributed by atoms with Crippen molar-refractivity contribution in [2.75, 3.05) is 26.4 Å². The Hall–Kier alpha value is -2.07. The molecule has 0 aliphatic heterocycles. The molecule has 1 unspecified atom stereocenters. The topological polar surface area (TPSA) is 149 Å². The van der Waals surface area contributed by atoms with Gasteiger partial charge in [-0.3, -0.25) is 18.6 Å². The van der Waals surface area contributed by atoms with E-state index >= 15 is 0 Å². The number of aliphatic hydroxyl groups is 2. The van der Waals surface area contributed by atoms with Gasteiger partial charge < -0.3 is 24.6 Å². The van der Waals surface area contributed by atoms with E-state index in [0.29, 0.717) is 19.3 Å².